The molecule has 1 heterocycles. The van der Waals surface area contributed by atoms with Gasteiger partial charge in [-0.15, -0.1) is 0 Å². The number of anilines is 1. The summed E-state index contributed by atoms with van der Waals surface area (Å²) >= 11 is 2.26. The van der Waals surface area contributed by atoms with E-state index in [1.165, 1.54) is 0 Å². The number of aromatic nitrogens is 2. The van der Waals surface area contributed by atoms with Crippen LogP contribution in [0.1, 0.15) is 6.92 Å². The Kier molecular flexibility index (Phi) is 5.24. The zero-order valence-electron chi connectivity index (χ0n) is 9.37. The van der Waals surface area contributed by atoms with E-state index >= 15 is 0 Å². The molecular formula is C10H17IN4. The molecule has 0 spiro atoms. The number of nitrogens with one attached hydrogen (secondary N) is 1. The molecule has 1 aromatic heterocycles. The summed E-state index contributed by atoms with van der Waals surface area (Å²) in [5, 5.41) is 3.18. The largest absolute Gasteiger partial charge is 0.358 e. The lowest BCUT2D eigenvalue weighted by Gasteiger charge is -2.22. The van der Waals surface area contributed by atoms with E-state index < -0.39 is 0 Å². The van der Waals surface area contributed by atoms with Crippen LogP contribution in [0.25, 0.3) is 0 Å². The third-order valence-electron chi connectivity index (χ3n) is 2.15. The molecule has 0 amide bonds. The summed E-state index contributed by atoms with van der Waals surface area (Å²) in [5.41, 5.74) is 0. The molecule has 1 atom stereocenters. The zero-order valence-corrected chi connectivity index (χ0v) is 11.5. The molecule has 15 heavy (non-hydrogen) atoms. The van der Waals surface area contributed by atoms with Crippen LogP contribution in [-0.4, -0.2) is 37.2 Å². The van der Waals surface area contributed by atoms with Crippen LogP contribution in [0.15, 0.2) is 12.5 Å². The van der Waals surface area contributed by atoms with Gasteiger partial charge in [0.15, 0.2) is 0 Å². The summed E-state index contributed by atoms with van der Waals surface area (Å²) in [6.07, 6.45) is 3.43. The molecule has 0 aliphatic carbocycles. The Morgan fingerprint density at radius 2 is 2.33 bits per heavy atom. The second kappa shape index (κ2) is 6.22. The molecule has 0 bridgehead atoms. The first kappa shape index (κ1) is 12.6. The quantitative estimate of drug-likeness (QED) is 0.832. The van der Waals surface area contributed by atoms with Crippen molar-refractivity contribution >= 4 is 28.4 Å². The summed E-state index contributed by atoms with van der Waals surface area (Å²) in [6.45, 7) is 4.24. The van der Waals surface area contributed by atoms with Crippen molar-refractivity contribution in [3.63, 3.8) is 0 Å². The molecule has 84 valence electrons. The van der Waals surface area contributed by atoms with Crippen LogP contribution >= 0.6 is 22.6 Å². The van der Waals surface area contributed by atoms with E-state index in [1.54, 1.807) is 6.33 Å². The lowest BCUT2D eigenvalue weighted by Crippen LogP contribution is -2.30. The van der Waals surface area contributed by atoms with Crippen molar-refractivity contribution in [2.24, 2.45) is 5.92 Å². The van der Waals surface area contributed by atoms with Gasteiger partial charge >= 0.3 is 0 Å². The molecule has 0 aliphatic rings. The molecule has 0 fully saturated rings. The predicted octanol–water partition coefficient (Wildman–Crippen LogP) is 1.37. The standard InChI is InChI=1S/C10H17IN4/c1-8(4-12-2)6-15(3)10-9(11)5-13-7-14-10/h5,7-8,12H,4,6H2,1-3H3. The van der Waals surface area contributed by atoms with Crippen molar-refractivity contribution in [3.8, 4) is 0 Å². The number of halogens is 1. The van der Waals surface area contributed by atoms with Crippen molar-refractivity contribution < 1.29 is 0 Å². The molecule has 4 nitrogen and oxygen atoms in total. The van der Waals surface area contributed by atoms with Crippen molar-refractivity contribution in [1.82, 2.24) is 15.3 Å². The maximum atomic E-state index is 4.28. The Hall–Kier alpha value is -0.430. The smallest absolute Gasteiger partial charge is 0.145 e. The minimum absolute atomic E-state index is 0.603. The van der Waals surface area contributed by atoms with Gasteiger partial charge in [0, 0.05) is 19.8 Å². The average molecular weight is 320 g/mol. The molecule has 0 aliphatic heterocycles. The Labute approximate surface area is 105 Å². The second-order valence-corrected chi connectivity index (χ2v) is 4.90. The third-order valence-corrected chi connectivity index (χ3v) is 2.91. The van der Waals surface area contributed by atoms with E-state index in [0.29, 0.717) is 5.92 Å². The summed E-state index contributed by atoms with van der Waals surface area (Å²) in [4.78, 5) is 10.4. The Morgan fingerprint density at radius 1 is 1.60 bits per heavy atom. The van der Waals surface area contributed by atoms with E-state index in [9.17, 15) is 0 Å². The van der Waals surface area contributed by atoms with Crippen LogP contribution in [0.4, 0.5) is 5.82 Å². The van der Waals surface area contributed by atoms with Crippen molar-refractivity contribution in [2.45, 2.75) is 6.92 Å². The van der Waals surface area contributed by atoms with Gasteiger partial charge in [0.1, 0.15) is 12.1 Å². The van der Waals surface area contributed by atoms with Gasteiger partial charge in [-0.1, -0.05) is 6.92 Å². The fourth-order valence-corrected chi connectivity index (χ4v) is 2.27. The number of hydrogen-bond acceptors (Lipinski definition) is 4. The van der Waals surface area contributed by atoms with Crippen LogP contribution in [0.2, 0.25) is 0 Å². The van der Waals surface area contributed by atoms with Crippen LogP contribution < -0.4 is 10.2 Å². The highest BCUT2D eigenvalue weighted by Gasteiger charge is 2.10. The van der Waals surface area contributed by atoms with Crippen LogP contribution in [0.5, 0.6) is 0 Å². The molecule has 5 heteroatoms. The number of rotatable bonds is 5. The number of nitrogens with zero attached hydrogens (tertiary/aromatic N) is 3. The molecular weight excluding hydrogens is 303 g/mol. The molecule has 0 radical (unpaired) electrons. The zero-order chi connectivity index (χ0) is 11.3. The third kappa shape index (κ3) is 3.90. The molecule has 0 saturated heterocycles. The first-order valence-corrected chi connectivity index (χ1v) is 6.04. The van der Waals surface area contributed by atoms with E-state index in [1.807, 2.05) is 13.2 Å². The number of hydrogen-bond donors (Lipinski definition) is 1. The van der Waals surface area contributed by atoms with E-state index in [0.717, 1.165) is 22.5 Å². The van der Waals surface area contributed by atoms with Crippen molar-refractivity contribution in [3.05, 3.63) is 16.1 Å². The predicted molar refractivity (Wildman–Crippen MR) is 71.1 cm³/mol. The van der Waals surface area contributed by atoms with Gasteiger partial charge in [-0.2, -0.15) is 0 Å². The van der Waals surface area contributed by atoms with Crippen LogP contribution in [0.3, 0.4) is 0 Å². The van der Waals surface area contributed by atoms with Gasteiger partial charge in [-0.05, 0) is 42.1 Å². The summed E-state index contributed by atoms with van der Waals surface area (Å²) in [7, 11) is 4.04. The summed E-state index contributed by atoms with van der Waals surface area (Å²) < 4.78 is 1.09. The maximum Gasteiger partial charge on any atom is 0.145 e. The van der Waals surface area contributed by atoms with Gasteiger partial charge in [-0.3, -0.25) is 0 Å². The maximum absolute atomic E-state index is 4.28. The normalized spacial score (nSPS) is 12.5. The highest BCUT2D eigenvalue weighted by molar-refractivity contribution is 14.1. The molecule has 0 saturated carbocycles. The van der Waals surface area contributed by atoms with Gasteiger partial charge in [0.25, 0.3) is 0 Å². The van der Waals surface area contributed by atoms with Crippen LogP contribution in [0, 0.1) is 9.49 Å². The van der Waals surface area contributed by atoms with Gasteiger partial charge < -0.3 is 10.2 Å². The van der Waals surface area contributed by atoms with Crippen molar-refractivity contribution in [1.29, 1.82) is 0 Å². The fraction of sp³-hybridized carbons (Fsp3) is 0.600. The molecule has 1 aromatic rings. The van der Waals surface area contributed by atoms with Gasteiger partial charge in [-0.25, -0.2) is 9.97 Å². The highest BCUT2D eigenvalue weighted by Crippen LogP contribution is 2.17. The Morgan fingerprint density at radius 3 is 2.93 bits per heavy atom. The lowest BCUT2D eigenvalue weighted by molar-refractivity contribution is 0.540. The highest BCUT2D eigenvalue weighted by atomic mass is 127. The van der Waals surface area contributed by atoms with E-state index in [2.05, 4.69) is 56.7 Å². The summed E-state index contributed by atoms with van der Waals surface area (Å²) in [6, 6.07) is 0. The monoisotopic (exact) mass is 320 g/mol. The lowest BCUT2D eigenvalue weighted by atomic mass is 10.1. The Balaban J connectivity index is 2.61. The molecule has 1 N–H and O–H groups in total. The van der Waals surface area contributed by atoms with Crippen LogP contribution in [-0.2, 0) is 0 Å². The molecule has 1 unspecified atom stereocenters. The second-order valence-electron chi connectivity index (χ2n) is 3.74. The minimum atomic E-state index is 0.603. The minimum Gasteiger partial charge on any atom is -0.358 e. The van der Waals surface area contributed by atoms with Crippen molar-refractivity contribution in [2.75, 3.05) is 32.1 Å². The van der Waals surface area contributed by atoms with Gasteiger partial charge in [0.05, 0.1) is 3.57 Å². The first-order chi connectivity index (χ1) is 7.15. The topological polar surface area (TPSA) is 41.0 Å². The van der Waals surface area contributed by atoms with E-state index in [4.69, 9.17) is 0 Å². The summed E-state index contributed by atoms with van der Waals surface area (Å²) in [5.74, 6) is 1.61. The fourth-order valence-electron chi connectivity index (χ4n) is 1.55. The van der Waals surface area contributed by atoms with E-state index in [-0.39, 0.29) is 0 Å². The first-order valence-electron chi connectivity index (χ1n) is 4.96. The van der Waals surface area contributed by atoms with Gasteiger partial charge in [0.2, 0.25) is 0 Å². The Bertz CT molecular complexity index is 305. The molecule has 1 rings (SSSR count). The molecule has 0 aromatic carbocycles. The SMILES string of the molecule is CNCC(C)CN(C)c1ncncc1I. The average Bonchev–Trinajstić information content (AvgIpc) is 2.18.